The van der Waals surface area contributed by atoms with Crippen LogP contribution in [0.15, 0.2) is 24.3 Å². The molecule has 0 spiro atoms. The highest BCUT2D eigenvalue weighted by atomic mass is 35.5. The van der Waals surface area contributed by atoms with Crippen molar-refractivity contribution in [1.82, 2.24) is 5.32 Å². The van der Waals surface area contributed by atoms with Gasteiger partial charge in [0.25, 0.3) is 0 Å². The average molecular weight is 254 g/mol. The molecular formula is C14H20ClNO. The fraction of sp³-hybridized carbons (Fsp3) is 0.571. The number of halogens is 1. The number of hydrogen-bond donors (Lipinski definition) is 1. The van der Waals surface area contributed by atoms with Gasteiger partial charge < -0.3 is 10.1 Å². The fourth-order valence-electron chi connectivity index (χ4n) is 2.40. The van der Waals surface area contributed by atoms with Crippen LogP contribution in [0.1, 0.15) is 37.8 Å². The minimum atomic E-state index is 0.349. The highest BCUT2D eigenvalue weighted by Gasteiger charge is 2.21. The molecule has 2 atom stereocenters. The van der Waals surface area contributed by atoms with Crippen molar-refractivity contribution >= 4 is 11.6 Å². The van der Waals surface area contributed by atoms with Gasteiger partial charge in [-0.2, -0.15) is 0 Å². The highest BCUT2D eigenvalue weighted by molar-refractivity contribution is 6.30. The van der Waals surface area contributed by atoms with Gasteiger partial charge in [0.1, 0.15) is 0 Å². The summed E-state index contributed by atoms with van der Waals surface area (Å²) in [7, 11) is 0. The number of ether oxygens (including phenoxy) is 1. The van der Waals surface area contributed by atoms with Gasteiger partial charge in [0.2, 0.25) is 0 Å². The lowest BCUT2D eigenvalue weighted by molar-refractivity contribution is 0.0947. The maximum Gasteiger partial charge on any atom is 0.0594 e. The number of nitrogens with one attached hydrogen (secondary N) is 1. The summed E-state index contributed by atoms with van der Waals surface area (Å²) in [6.45, 7) is 4.01. The van der Waals surface area contributed by atoms with Crippen molar-refractivity contribution in [2.75, 3.05) is 13.2 Å². The van der Waals surface area contributed by atoms with Crippen LogP contribution in [0.4, 0.5) is 0 Å². The largest absolute Gasteiger partial charge is 0.378 e. The highest BCUT2D eigenvalue weighted by Crippen LogP contribution is 2.26. The lowest BCUT2D eigenvalue weighted by Crippen LogP contribution is -2.25. The van der Waals surface area contributed by atoms with Gasteiger partial charge in [-0.15, -0.1) is 0 Å². The SMILES string of the molecule is CCNC(CC1CCCO1)c1cccc(Cl)c1. The predicted octanol–water partition coefficient (Wildman–Crippen LogP) is 3.56. The summed E-state index contributed by atoms with van der Waals surface area (Å²) < 4.78 is 5.71. The first kappa shape index (κ1) is 12.9. The van der Waals surface area contributed by atoms with E-state index < -0.39 is 0 Å². The molecule has 0 amide bonds. The summed E-state index contributed by atoms with van der Waals surface area (Å²) >= 11 is 6.05. The normalized spacial score (nSPS) is 21.6. The Morgan fingerprint density at radius 1 is 1.53 bits per heavy atom. The van der Waals surface area contributed by atoms with Crippen molar-refractivity contribution in [1.29, 1.82) is 0 Å². The smallest absolute Gasteiger partial charge is 0.0594 e. The van der Waals surface area contributed by atoms with E-state index in [4.69, 9.17) is 16.3 Å². The topological polar surface area (TPSA) is 21.3 Å². The zero-order valence-electron chi connectivity index (χ0n) is 10.3. The van der Waals surface area contributed by atoms with Crippen LogP contribution in [0.2, 0.25) is 5.02 Å². The molecule has 2 nitrogen and oxygen atoms in total. The van der Waals surface area contributed by atoms with Crippen molar-refractivity contribution in [3.63, 3.8) is 0 Å². The molecule has 0 radical (unpaired) electrons. The van der Waals surface area contributed by atoms with E-state index >= 15 is 0 Å². The minimum Gasteiger partial charge on any atom is -0.378 e. The van der Waals surface area contributed by atoms with Crippen molar-refractivity contribution in [3.05, 3.63) is 34.9 Å². The molecule has 0 aromatic heterocycles. The van der Waals surface area contributed by atoms with Gasteiger partial charge in [0.05, 0.1) is 6.10 Å². The van der Waals surface area contributed by atoms with Gasteiger partial charge in [-0.25, -0.2) is 0 Å². The Hall–Kier alpha value is -0.570. The maximum absolute atomic E-state index is 6.05. The van der Waals surface area contributed by atoms with E-state index in [2.05, 4.69) is 18.3 Å². The molecule has 1 heterocycles. The summed E-state index contributed by atoms with van der Waals surface area (Å²) in [5.74, 6) is 0. The van der Waals surface area contributed by atoms with Gasteiger partial charge in [-0.3, -0.25) is 0 Å². The van der Waals surface area contributed by atoms with E-state index in [1.54, 1.807) is 0 Å². The molecule has 2 unspecified atom stereocenters. The third-order valence-electron chi connectivity index (χ3n) is 3.22. The molecule has 1 aromatic carbocycles. The van der Waals surface area contributed by atoms with E-state index in [1.165, 1.54) is 18.4 Å². The van der Waals surface area contributed by atoms with Crippen LogP contribution in [0.3, 0.4) is 0 Å². The Bertz CT molecular complexity index is 350. The van der Waals surface area contributed by atoms with Crippen LogP contribution >= 0.6 is 11.6 Å². The Morgan fingerprint density at radius 2 is 2.41 bits per heavy atom. The molecule has 0 saturated carbocycles. The first-order chi connectivity index (χ1) is 8.29. The zero-order chi connectivity index (χ0) is 12.1. The van der Waals surface area contributed by atoms with E-state index in [0.717, 1.165) is 24.6 Å². The van der Waals surface area contributed by atoms with E-state index in [0.29, 0.717) is 12.1 Å². The second kappa shape index (κ2) is 6.39. The Balaban J connectivity index is 2.04. The molecule has 0 bridgehead atoms. The van der Waals surface area contributed by atoms with Gasteiger partial charge >= 0.3 is 0 Å². The summed E-state index contributed by atoms with van der Waals surface area (Å²) in [6, 6.07) is 8.46. The van der Waals surface area contributed by atoms with Crippen LogP contribution in [-0.4, -0.2) is 19.3 Å². The molecule has 1 aliphatic heterocycles. The standard InChI is InChI=1S/C14H20ClNO/c1-2-16-14(10-13-7-4-8-17-13)11-5-3-6-12(15)9-11/h3,5-6,9,13-14,16H,2,4,7-8,10H2,1H3. The van der Waals surface area contributed by atoms with Gasteiger partial charge in [-0.1, -0.05) is 30.7 Å². The molecule has 2 rings (SSSR count). The molecule has 1 aromatic rings. The third kappa shape index (κ3) is 3.70. The molecule has 1 fully saturated rings. The van der Waals surface area contributed by atoms with Gasteiger partial charge in [0, 0.05) is 17.7 Å². The molecule has 3 heteroatoms. The molecule has 17 heavy (non-hydrogen) atoms. The van der Waals surface area contributed by atoms with E-state index in [1.807, 2.05) is 18.2 Å². The van der Waals surface area contributed by atoms with E-state index in [9.17, 15) is 0 Å². The minimum absolute atomic E-state index is 0.349. The van der Waals surface area contributed by atoms with Crippen molar-refractivity contribution in [2.24, 2.45) is 0 Å². The summed E-state index contributed by atoms with van der Waals surface area (Å²) in [5.41, 5.74) is 1.26. The molecule has 0 aliphatic carbocycles. The first-order valence-electron chi connectivity index (χ1n) is 6.40. The van der Waals surface area contributed by atoms with Crippen LogP contribution in [0, 0.1) is 0 Å². The summed E-state index contributed by atoms with van der Waals surface area (Å²) in [4.78, 5) is 0. The Kier molecular flexibility index (Phi) is 4.84. The molecule has 1 aliphatic rings. The monoisotopic (exact) mass is 253 g/mol. The second-order valence-electron chi connectivity index (χ2n) is 4.54. The van der Waals surface area contributed by atoms with Crippen LogP contribution in [-0.2, 0) is 4.74 Å². The lowest BCUT2D eigenvalue weighted by Gasteiger charge is -2.21. The number of benzene rings is 1. The lowest BCUT2D eigenvalue weighted by atomic mass is 9.99. The first-order valence-corrected chi connectivity index (χ1v) is 6.78. The zero-order valence-corrected chi connectivity index (χ0v) is 11.0. The maximum atomic E-state index is 6.05. The van der Waals surface area contributed by atoms with Crippen LogP contribution in [0.25, 0.3) is 0 Å². The molecule has 1 N–H and O–H groups in total. The summed E-state index contributed by atoms with van der Waals surface area (Å²) in [6.07, 6.45) is 3.81. The molecule has 1 saturated heterocycles. The van der Waals surface area contributed by atoms with Crippen molar-refractivity contribution in [2.45, 2.75) is 38.3 Å². The molecular weight excluding hydrogens is 234 g/mol. The Labute approximate surface area is 108 Å². The average Bonchev–Trinajstić information content (AvgIpc) is 2.81. The second-order valence-corrected chi connectivity index (χ2v) is 4.97. The fourth-order valence-corrected chi connectivity index (χ4v) is 2.60. The van der Waals surface area contributed by atoms with Gasteiger partial charge in [0.15, 0.2) is 0 Å². The van der Waals surface area contributed by atoms with Crippen molar-refractivity contribution in [3.8, 4) is 0 Å². The van der Waals surface area contributed by atoms with Gasteiger partial charge in [-0.05, 0) is 43.5 Å². The van der Waals surface area contributed by atoms with Crippen LogP contribution < -0.4 is 5.32 Å². The Morgan fingerprint density at radius 3 is 3.06 bits per heavy atom. The molecule has 94 valence electrons. The summed E-state index contributed by atoms with van der Waals surface area (Å²) in [5, 5.41) is 4.32. The predicted molar refractivity (Wildman–Crippen MR) is 71.5 cm³/mol. The third-order valence-corrected chi connectivity index (χ3v) is 3.46. The number of rotatable bonds is 5. The van der Waals surface area contributed by atoms with E-state index in [-0.39, 0.29) is 0 Å². The van der Waals surface area contributed by atoms with Crippen LogP contribution in [0.5, 0.6) is 0 Å². The number of hydrogen-bond acceptors (Lipinski definition) is 2. The quantitative estimate of drug-likeness (QED) is 0.866. The van der Waals surface area contributed by atoms with Crippen molar-refractivity contribution < 1.29 is 4.74 Å².